The van der Waals surface area contributed by atoms with Crippen LogP contribution in [0, 0.1) is 0 Å². The number of anilines is 2. The van der Waals surface area contributed by atoms with E-state index in [1.807, 2.05) is 0 Å². The minimum absolute atomic E-state index is 0.0540. The second-order valence-corrected chi connectivity index (χ2v) is 7.26. The van der Waals surface area contributed by atoms with Crippen LogP contribution in [0.2, 0.25) is 0 Å². The molecule has 2 N–H and O–H groups in total. The van der Waals surface area contributed by atoms with Gasteiger partial charge in [0.25, 0.3) is 5.91 Å². The SMILES string of the molecule is O=C(Nc1ccccc1C(F)(F)F)c1cc2n(n1)[C@H](C(F)(F)F)C[C@@H](c1ccccc1)N2. The molecule has 0 radical (unpaired) electrons. The quantitative estimate of drug-likeness (QED) is 0.491. The molecule has 168 valence electrons. The van der Waals surface area contributed by atoms with Crippen molar-refractivity contribution < 1.29 is 31.1 Å². The van der Waals surface area contributed by atoms with E-state index in [1.54, 1.807) is 30.3 Å². The number of nitrogens with one attached hydrogen (secondary N) is 2. The number of carbonyl (C=O) groups excluding carboxylic acids is 1. The lowest BCUT2D eigenvalue weighted by atomic mass is 9.97. The Balaban J connectivity index is 1.65. The molecule has 1 aromatic heterocycles. The molecule has 0 saturated carbocycles. The number of alkyl halides is 6. The molecule has 0 fully saturated rings. The molecule has 2 heterocycles. The van der Waals surface area contributed by atoms with Gasteiger partial charge in [-0.3, -0.25) is 4.79 Å². The van der Waals surface area contributed by atoms with Crippen molar-refractivity contribution >= 4 is 17.4 Å². The molecule has 1 amide bonds. The van der Waals surface area contributed by atoms with E-state index >= 15 is 0 Å². The van der Waals surface area contributed by atoms with E-state index in [2.05, 4.69) is 15.7 Å². The molecule has 4 rings (SSSR count). The number of hydrogen-bond acceptors (Lipinski definition) is 3. The van der Waals surface area contributed by atoms with Crippen LogP contribution in [-0.2, 0) is 6.18 Å². The van der Waals surface area contributed by atoms with Gasteiger partial charge in [-0.2, -0.15) is 31.4 Å². The number of para-hydroxylation sites is 1. The Hall–Kier alpha value is -3.50. The summed E-state index contributed by atoms with van der Waals surface area (Å²) in [5.41, 5.74) is -1.40. The Morgan fingerprint density at radius 2 is 1.66 bits per heavy atom. The number of halogens is 6. The van der Waals surface area contributed by atoms with E-state index < -0.39 is 47.3 Å². The number of fused-ring (bicyclic) bond motifs is 1. The molecule has 5 nitrogen and oxygen atoms in total. The van der Waals surface area contributed by atoms with E-state index in [0.29, 0.717) is 10.2 Å². The molecule has 3 aromatic rings. The van der Waals surface area contributed by atoms with E-state index in [1.165, 1.54) is 6.07 Å². The second kappa shape index (κ2) is 7.88. The van der Waals surface area contributed by atoms with Crippen molar-refractivity contribution in [2.24, 2.45) is 0 Å². The number of rotatable bonds is 3. The van der Waals surface area contributed by atoms with Gasteiger partial charge in [0.1, 0.15) is 5.82 Å². The third-order valence-electron chi connectivity index (χ3n) is 5.11. The minimum Gasteiger partial charge on any atom is -0.363 e. The lowest BCUT2D eigenvalue weighted by Gasteiger charge is -2.33. The van der Waals surface area contributed by atoms with Crippen LogP contribution in [0.5, 0.6) is 0 Å². The first-order valence-corrected chi connectivity index (χ1v) is 9.49. The monoisotopic (exact) mass is 454 g/mol. The maximum absolute atomic E-state index is 13.7. The maximum atomic E-state index is 13.7. The first-order chi connectivity index (χ1) is 15.0. The number of aromatic nitrogens is 2. The van der Waals surface area contributed by atoms with Gasteiger partial charge >= 0.3 is 12.4 Å². The van der Waals surface area contributed by atoms with Gasteiger partial charge in [0.05, 0.1) is 17.3 Å². The highest BCUT2D eigenvalue weighted by molar-refractivity contribution is 6.03. The van der Waals surface area contributed by atoms with Crippen LogP contribution in [0.4, 0.5) is 37.8 Å². The zero-order chi connectivity index (χ0) is 23.1. The smallest absolute Gasteiger partial charge is 0.363 e. The fourth-order valence-corrected chi connectivity index (χ4v) is 3.61. The molecule has 1 aliphatic heterocycles. The Labute approximate surface area is 178 Å². The number of amides is 1. The van der Waals surface area contributed by atoms with Crippen molar-refractivity contribution in [1.29, 1.82) is 0 Å². The Kier molecular flexibility index (Phi) is 5.35. The summed E-state index contributed by atoms with van der Waals surface area (Å²) >= 11 is 0. The van der Waals surface area contributed by atoms with Gasteiger partial charge in [0.2, 0.25) is 0 Å². The topological polar surface area (TPSA) is 59.0 Å². The number of nitrogens with zero attached hydrogens (tertiary/aromatic N) is 2. The lowest BCUT2D eigenvalue weighted by Crippen LogP contribution is -2.35. The number of hydrogen-bond donors (Lipinski definition) is 2. The summed E-state index contributed by atoms with van der Waals surface area (Å²) in [6, 6.07) is 11.2. The van der Waals surface area contributed by atoms with Crippen molar-refractivity contribution in [2.45, 2.75) is 30.9 Å². The highest BCUT2D eigenvalue weighted by atomic mass is 19.4. The predicted molar refractivity (Wildman–Crippen MR) is 104 cm³/mol. The minimum atomic E-state index is -4.72. The van der Waals surface area contributed by atoms with Gasteiger partial charge in [-0.05, 0) is 17.7 Å². The molecule has 32 heavy (non-hydrogen) atoms. The van der Waals surface area contributed by atoms with Gasteiger partial charge < -0.3 is 10.6 Å². The van der Waals surface area contributed by atoms with Crippen molar-refractivity contribution in [2.75, 3.05) is 10.6 Å². The van der Waals surface area contributed by atoms with Gasteiger partial charge in [-0.1, -0.05) is 42.5 Å². The second-order valence-electron chi connectivity index (χ2n) is 7.26. The Morgan fingerprint density at radius 3 is 2.31 bits per heavy atom. The van der Waals surface area contributed by atoms with Crippen LogP contribution in [0.3, 0.4) is 0 Å². The molecule has 0 bridgehead atoms. The van der Waals surface area contributed by atoms with E-state index in [4.69, 9.17) is 0 Å². The molecular formula is C21H16F6N4O. The third kappa shape index (κ3) is 4.27. The van der Waals surface area contributed by atoms with Crippen molar-refractivity contribution in [3.63, 3.8) is 0 Å². The number of carbonyl (C=O) groups is 1. The van der Waals surface area contributed by atoms with Gasteiger partial charge in [-0.25, -0.2) is 4.68 Å². The molecular weight excluding hydrogens is 438 g/mol. The molecule has 2 atom stereocenters. The van der Waals surface area contributed by atoms with Crippen LogP contribution >= 0.6 is 0 Å². The molecule has 0 unspecified atom stereocenters. The van der Waals surface area contributed by atoms with Crippen molar-refractivity contribution in [1.82, 2.24) is 9.78 Å². The summed E-state index contributed by atoms with van der Waals surface area (Å²) < 4.78 is 81.4. The van der Waals surface area contributed by atoms with Gasteiger partial charge in [-0.15, -0.1) is 0 Å². The van der Waals surface area contributed by atoms with Crippen LogP contribution in [0.25, 0.3) is 0 Å². The fraction of sp³-hybridized carbons (Fsp3) is 0.238. The molecule has 0 saturated heterocycles. The average molecular weight is 454 g/mol. The molecule has 1 aliphatic rings. The van der Waals surface area contributed by atoms with Crippen molar-refractivity contribution in [3.8, 4) is 0 Å². The van der Waals surface area contributed by atoms with Crippen LogP contribution in [0.1, 0.15) is 40.1 Å². The Morgan fingerprint density at radius 1 is 1.00 bits per heavy atom. The summed E-state index contributed by atoms with van der Waals surface area (Å²) in [7, 11) is 0. The first kappa shape index (κ1) is 21.7. The van der Waals surface area contributed by atoms with Crippen LogP contribution in [0.15, 0.2) is 60.7 Å². The van der Waals surface area contributed by atoms with Gasteiger partial charge in [0.15, 0.2) is 11.7 Å². The van der Waals surface area contributed by atoms with Gasteiger partial charge in [0, 0.05) is 12.5 Å². The largest absolute Gasteiger partial charge is 0.418 e. The third-order valence-corrected chi connectivity index (χ3v) is 5.11. The normalized spacial score (nSPS) is 18.6. The Bertz CT molecular complexity index is 1120. The molecule has 0 spiro atoms. The zero-order valence-corrected chi connectivity index (χ0v) is 16.2. The van der Waals surface area contributed by atoms with E-state index in [9.17, 15) is 31.1 Å². The summed E-state index contributed by atoms with van der Waals surface area (Å²) in [5, 5.41) is 8.78. The summed E-state index contributed by atoms with van der Waals surface area (Å²) in [5.74, 6) is -1.11. The fourth-order valence-electron chi connectivity index (χ4n) is 3.61. The maximum Gasteiger partial charge on any atom is 0.418 e. The zero-order valence-electron chi connectivity index (χ0n) is 16.2. The summed E-state index contributed by atoms with van der Waals surface area (Å²) in [4.78, 5) is 12.6. The lowest BCUT2D eigenvalue weighted by molar-refractivity contribution is -0.173. The number of benzene rings is 2. The summed E-state index contributed by atoms with van der Waals surface area (Å²) in [6.07, 6.45) is -9.73. The first-order valence-electron chi connectivity index (χ1n) is 9.49. The van der Waals surface area contributed by atoms with Crippen molar-refractivity contribution in [3.05, 3.63) is 77.5 Å². The summed E-state index contributed by atoms with van der Waals surface area (Å²) in [6.45, 7) is 0. The van der Waals surface area contributed by atoms with E-state index in [0.717, 1.165) is 24.3 Å². The van der Waals surface area contributed by atoms with Crippen LogP contribution in [-0.4, -0.2) is 21.9 Å². The molecule has 0 aliphatic carbocycles. The molecule has 11 heteroatoms. The molecule has 2 aromatic carbocycles. The average Bonchev–Trinajstić information content (AvgIpc) is 3.17. The highest BCUT2D eigenvalue weighted by Gasteiger charge is 2.47. The highest BCUT2D eigenvalue weighted by Crippen LogP contribution is 2.43. The predicted octanol–water partition coefficient (Wildman–Crippen LogP) is 5.81. The van der Waals surface area contributed by atoms with Crippen LogP contribution < -0.4 is 10.6 Å². The standard InChI is InChI=1S/C21H16F6N4O/c22-20(23,24)13-8-4-5-9-14(13)29-19(32)16-11-18-28-15(12-6-2-1-3-7-12)10-17(21(25,26)27)31(18)30-16/h1-9,11,15,17,28H,10H2,(H,29,32)/t15-,17-/m0/s1. The van der Waals surface area contributed by atoms with E-state index in [-0.39, 0.29) is 12.2 Å².